The Morgan fingerprint density at radius 1 is 1.30 bits per heavy atom. The highest BCUT2D eigenvalue weighted by atomic mass is 32.2. The Kier molecular flexibility index (Phi) is 4.73. The van der Waals surface area contributed by atoms with Gasteiger partial charge in [0.25, 0.3) is 0 Å². The zero-order valence-corrected chi connectivity index (χ0v) is 12.7. The topological polar surface area (TPSA) is 59.1 Å². The molecule has 0 spiro atoms. The van der Waals surface area contributed by atoms with E-state index in [2.05, 4.69) is 17.2 Å². The number of benzene rings is 1. The molecule has 2 rings (SSSR count). The molecule has 0 saturated heterocycles. The SMILES string of the molecule is CCCNC(CS(C)(=O)=O)c1cccc2cnccc12. The lowest BCUT2D eigenvalue weighted by molar-refractivity contribution is 0.551. The Bertz CT molecular complexity index is 678. The van der Waals surface area contributed by atoms with E-state index in [1.54, 1.807) is 12.4 Å². The predicted molar refractivity (Wildman–Crippen MR) is 82.5 cm³/mol. The number of hydrogen-bond donors (Lipinski definition) is 1. The first-order valence-corrected chi connectivity index (χ1v) is 8.81. The lowest BCUT2D eigenvalue weighted by Gasteiger charge is -2.20. The first kappa shape index (κ1) is 14.9. The van der Waals surface area contributed by atoms with E-state index in [9.17, 15) is 8.42 Å². The summed E-state index contributed by atoms with van der Waals surface area (Å²) in [4.78, 5) is 4.11. The molecule has 5 heteroatoms. The molecule has 4 nitrogen and oxygen atoms in total. The van der Waals surface area contributed by atoms with Crippen LogP contribution in [0.1, 0.15) is 24.9 Å². The Morgan fingerprint density at radius 3 is 2.80 bits per heavy atom. The highest BCUT2D eigenvalue weighted by molar-refractivity contribution is 7.90. The molecule has 1 atom stereocenters. The van der Waals surface area contributed by atoms with Crippen molar-refractivity contribution in [3.63, 3.8) is 0 Å². The number of nitrogens with one attached hydrogen (secondary N) is 1. The van der Waals surface area contributed by atoms with E-state index in [4.69, 9.17) is 0 Å². The van der Waals surface area contributed by atoms with Crippen molar-refractivity contribution in [2.45, 2.75) is 19.4 Å². The summed E-state index contributed by atoms with van der Waals surface area (Å²) in [5.74, 6) is 0.106. The first-order valence-electron chi connectivity index (χ1n) is 6.75. The van der Waals surface area contributed by atoms with E-state index in [1.807, 2.05) is 24.3 Å². The van der Waals surface area contributed by atoms with Crippen LogP contribution in [0, 0.1) is 0 Å². The van der Waals surface area contributed by atoms with Crippen LogP contribution in [0.3, 0.4) is 0 Å². The van der Waals surface area contributed by atoms with Gasteiger partial charge in [0.15, 0.2) is 0 Å². The van der Waals surface area contributed by atoms with Gasteiger partial charge in [-0.3, -0.25) is 4.98 Å². The molecule has 20 heavy (non-hydrogen) atoms. The van der Waals surface area contributed by atoms with Crippen molar-refractivity contribution in [1.82, 2.24) is 10.3 Å². The first-order chi connectivity index (χ1) is 9.51. The summed E-state index contributed by atoms with van der Waals surface area (Å²) in [7, 11) is -3.05. The van der Waals surface area contributed by atoms with Crippen LogP contribution in [-0.2, 0) is 9.84 Å². The molecule has 0 aliphatic rings. The normalized spacial score (nSPS) is 13.5. The molecular formula is C15H20N2O2S. The minimum atomic E-state index is -3.05. The van der Waals surface area contributed by atoms with Gasteiger partial charge in [0, 0.05) is 30.1 Å². The molecule has 108 valence electrons. The Labute approximate surface area is 120 Å². The Morgan fingerprint density at radius 2 is 2.10 bits per heavy atom. The van der Waals surface area contributed by atoms with Gasteiger partial charge < -0.3 is 5.32 Å². The van der Waals surface area contributed by atoms with Crippen molar-refractivity contribution in [3.05, 3.63) is 42.2 Å². The fourth-order valence-corrected chi connectivity index (χ4v) is 3.23. The Balaban J connectivity index is 2.44. The fourth-order valence-electron chi connectivity index (χ4n) is 2.33. The maximum Gasteiger partial charge on any atom is 0.149 e. The third-order valence-electron chi connectivity index (χ3n) is 3.20. The molecule has 1 N–H and O–H groups in total. The monoisotopic (exact) mass is 292 g/mol. The number of aromatic nitrogens is 1. The highest BCUT2D eigenvalue weighted by Gasteiger charge is 2.18. The largest absolute Gasteiger partial charge is 0.309 e. The molecule has 0 bridgehead atoms. The van der Waals surface area contributed by atoms with Gasteiger partial charge in [0.05, 0.1) is 5.75 Å². The van der Waals surface area contributed by atoms with E-state index in [0.29, 0.717) is 0 Å². The van der Waals surface area contributed by atoms with Gasteiger partial charge in [0.1, 0.15) is 9.84 Å². The van der Waals surface area contributed by atoms with Crippen LogP contribution in [-0.4, -0.2) is 32.0 Å². The molecule has 2 aromatic rings. The third kappa shape index (κ3) is 3.77. The van der Waals surface area contributed by atoms with Gasteiger partial charge in [-0.2, -0.15) is 0 Å². The molecule has 0 amide bonds. The van der Waals surface area contributed by atoms with E-state index < -0.39 is 9.84 Å². The number of rotatable bonds is 6. The van der Waals surface area contributed by atoms with Crippen molar-refractivity contribution < 1.29 is 8.42 Å². The molecule has 0 aliphatic carbocycles. The van der Waals surface area contributed by atoms with Crippen molar-refractivity contribution in [1.29, 1.82) is 0 Å². The molecule has 0 aliphatic heterocycles. The molecule has 1 aromatic carbocycles. The van der Waals surface area contributed by atoms with Crippen LogP contribution in [0.15, 0.2) is 36.7 Å². The zero-order chi connectivity index (χ0) is 14.6. The van der Waals surface area contributed by atoms with Crippen LogP contribution < -0.4 is 5.32 Å². The lowest BCUT2D eigenvalue weighted by Crippen LogP contribution is -2.28. The number of nitrogens with zero attached hydrogens (tertiary/aromatic N) is 1. The number of fused-ring (bicyclic) bond motifs is 1. The van der Waals surface area contributed by atoms with Gasteiger partial charge in [-0.15, -0.1) is 0 Å². The average Bonchev–Trinajstić information content (AvgIpc) is 2.41. The van der Waals surface area contributed by atoms with E-state index in [-0.39, 0.29) is 11.8 Å². The molecule has 0 fully saturated rings. The second-order valence-electron chi connectivity index (χ2n) is 5.04. The molecule has 1 unspecified atom stereocenters. The average molecular weight is 292 g/mol. The maximum absolute atomic E-state index is 11.7. The molecule has 1 heterocycles. The minimum absolute atomic E-state index is 0.106. The maximum atomic E-state index is 11.7. The third-order valence-corrected chi connectivity index (χ3v) is 4.14. The molecule has 0 radical (unpaired) electrons. The van der Waals surface area contributed by atoms with Gasteiger partial charge in [0.2, 0.25) is 0 Å². The number of sulfone groups is 1. The summed E-state index contributed by atoms with van der Waals surface area (Å²) < 4.78 is 23.3. The standard InChI is InChI=1S/C15H20N2O2S/c1-3-8-17-15(11-20(2,18)19)14-6-4-5-12-10-16-9-7-13(12)14/h4-7,9-10,15,17H,3,8,11H2,1-2H3. The molecule has 1 aromatic heterocycles. The number of pyridine rings is 1. The van der Waals surface area contributed by atoms with Crippen LogP contribution in [0.25, 0.3) is 10.8 Å². The predicted octanol–water partition coefficient (Wildman–Crippen LogP) is 2.32. The van der Waals surface area contributed by atoms with Gasteiger partial charge in [-0.25, -0.2) is 8.42 Å². The smallest absolute Gasteiger partial charge is 0.149 e. The van der Waals surface area contributed by atoms with Crippen molar-refractivity contribution in [2.24, 2.45) is 0 Å². The van der Waals surface area contributed by atoms with Gasteiger partial charge in [-0.05, 0) is 30.0 Å². The van der Waals surface area contributed by atoms with Crippen LogP contribution in [0.5, 0.6) is 0 Å². The summed E-state index contributed by atoms with van der Waals surface area (Å²) in [6.07, 6.45) is 5.78. The summed E-state index contributed by atoms with van der Waals surface area (Å²) in [5.41, 5.74) is 1.02. The summed E-state index contributed by atoms with van der Waals surface area (Å²) in [6.45, 7) is 2.86. The van der Waals surface area contributed by atoms with E-state index in [1.165, 1.54) is 6.26 Å². The summed E-state index contributed by atoms with van der Waals surface area (Å²) in [6, 6.07) is 7.68. The van der Waals surface area contributed by atoms with Crippen molar-refractivity contribution >= 4 is 20.6 Å². The Hall–Kier alpha value is -1.46. The van der Waals surface area contributed by atoms with Crippen molar-refractivity contribution in [2.75, 3.05) is 18.6 Å². The van der Waals surface area contributed by atoms with E-state index >= 15 is 0 Å². The second kappa shape index (κ2) is 6.33. The zero-order valence-electron chi connectivity index (χ0n) is 11.8. The van der Waals surface area contributed by atoms with Crippen LogP contribution in [0.4, 0.5) is 0 Å². The number of hydrogen-bond acceptors (Lipinski definition) is 4. The lowest BCUT2D eigenvalue weighted by atomic mass is 10.0. The molecular weight excluding hydrogens is 272 g/mol. The van der Waals surface area contributed by atoms with Crippen molar-refractivity contribution in [3.8, 4) is 0 Å². The summed E-state index contributed by atoms with van der Waals surface area (Å²) >= 11 is 0. The summed E-state index contributed by atoms with van der Waals surface area (Å²) in [5, 5.41) is 5.42. The highest BCUT2D eigenvalue weighted by Crippen LogP contribution is 2.24. The quantitative estimate of drug-likeness (QED) is 0.887. The van der Waals surface area contributed by atoms with Gasteiger partial charge >= 0.3 is 0 Å². The molecule has 0 saturated carbocycles. The minimum Gasteiger partial charge on any atom is -0.309 e. The fraction of sp³-hybridized carbons (Fsp3) is 0.400. The van der Waals surface area contributed by atoms with Gasteiger partial charge in [-0.1, -0.05) is 25.1 Å². The second-order valence-corrected chi connectivity index (χ2v) is 7.23. The van der Waals surface area contributed by atoms with Crippen LogP contribution in [0.2, 0.25) is 0 Å². The van der Waals surface area contributed by atoms with Crippen LogP contribution >= 0.6 is 0 Å². The van der Waals surface area contributed by atoms with E-state index in [0.717, 1.165) is 29.3 Å².